The van der Waals surface area contributed by atoms with Gasteiger partial charge in [0.15, 0.2) is 0 Å². The molecule has 1 N–H and O–H groups in total. The molecule has 0 aliphatic heterocycles. The van der Waals surface area contributed by atoms with E-state index >= 15 is 0 Å². The fourth-order valence-electron chi connectivity index (χ4n) is 1.82. The van der Waals surface area contributed by atoms with Crippen molar-refractivity contribution in [2.24, 2.45) is 5.92 Å². The number of nitrogens with zero attached hydrogens (tertiary/aromatic N) is 2. The highest BCUT2D eigenvalue weighted by molar-refractivity contribution is 5.00. The average Bonchev–Trinajstić information content (AvgIpc) is 2.94. The Morgan fingerprint density at radius 2 is 2.43 bits per heavy atom. The van der Waals surface area contributed by atoms with E-state index in [0.29, 0.717) is 6.04 Å². The second-order valence-corrected chi connectivity index (χ2v) is 4.15. The number of aromatic nitrogens is 2. The number of nitrogens with one attached hydrogen (secondary N) is 1. The lowest BCUT2D eigenvalue weighted by Gasteiger charge is -2.12. The molecule has 1 aliphatic rings. The van der Waals surface area contributed by atoms with E-state index < -0.39 is 0 Å². The number of rotatable bonds is 5. The quantitative estimate of drug-likeness (QED) is 0.772. The molecule has 0 aromatic carbocycles. The monoisotopic (exact) mass is 193 g/mol. The first-order valence-corrected chi connectivity index (χ1v) is 5.55. The summed E-state index contributed by atoms with van der Waals surface area (Å²) in [5, 5.41) is 7.81. The normalized spacial score (nSPS) is 18.4. The Hall–Kier alpha value is -0.830. The van der Waals surface area contributed by atoms with E-state index in [1.54, 1.807) is 0 Å². The van der Waals surface area contributed by atoms with Crippen LogP contribution >= 0.6 is 0 Å². The first-order valence-electron chi connectivity index (χ1n) is 5.55. The molecule has 0 bridgehead atoms. The Morgan fingerprint density at radius 3 is 3.07 bits per heavy atom. The van der Waals surface area contributed by atoms with Gasteiger partial charge in [-0.3, -0.25) is 4.68 Å². The van der Waals surface area contributed by atoms with Crippen molar-refractivity contribution in [3.8, 4) is 0 Å². The molecule has 0 radical (unpaired) electrons. The Morgan fingerprint density at radius 1 is 1.64 bits per heavy atom. The lowest BCUT2D eigenvalue weighted by molar-refractivity contribution is 0.477. The van der Waals surface area contributed by atoms with Gasteiger partial charge in [0, 0.05) is 25.3 Å². The Labute approximate surface area is 85.5 Å². The van der Waals surface area contributed by atoms with Crippen LogP contribution in [-0.2, 0) is 13.1 Å². The molecule has 1 heterocycles. The molecule has 1 aromatic heterocycles. The summed E-state index contributed by atoms with van der Waals surface area (Å²) in [4.78, 5) is 0. The van der Waals surface area contributed by atoms with Crippen LogP contribution in [0.15, 0.2) is 12.3 Å². The van der Waals surface area contributed by atoms with Crippen molar-refractivity contribution in [1.82, 2.24) is 15.1 Å². The second kappa shape index (κ2) is 4.13. The molecule has 0 spiro atoms. The van der Waals surface area contributed by atoms with Crippen molar-refractivity contribution in [3.63, 3.8) is 0 Å². The van der Waals surface area contributed by atoms with Gasteiger partial charge in [0.05, 0.1) is 5.69 Å². The van der Waals surface area contributed by atoms with Gasteiger partial charge in [-0.1, -0.05) is 0 Å². The summed E-state index contributed by atoms with van der Waals surface area (Å²) in [6.07, 6.45) is 4.69. The van der Waals surface area contributed by atoms with Gasteiger partial charge in [0.2, 0.25) is 0 Å². The minimum Gasteiger partial charge on any atom is -0.308 e. The summed E-state index contributed by atoms with van der Waals surface area (Å²) in [6, 6.07) is 2.76. The first-order chi connectivity index (χ1) is 6.81. The van der Waals surface area contributed by atoms with Gasteiger partial charge in [0.25, 0.3) is 0 Å². The van der Waals surface area contributed by atoms with Crippen LogP contribution in [0.1, 0.15) is 32.4 Å². The van der Waals surface area contributed by atoms with Crippen LogP contribution < -0.4 is 5.32 Å². The van der Waals surface area contributed by atoms with Gasteiger partial charge in [-0.15, -0.1) is 0 Å². The Kier molecular flexibility index (Phi) is 2.87. The molecular weight excluding hydrogens is 174 g/mol. The standard InChI is InChI=1S/C11H19N3/c1-3-14-11(6-7-13-14)8-12-9(2)10-4-5-10/h6-7,9-10,12H,3-5,8H2,1-2H3. The molecule has 3 nitrogen and oxygen atoms in total. The first kappa shape index (κ1) is 9.71. The fourth-order valence-corrected chi connectivity index (χ4v) is 1.82. The average molecular weight is 193 g/mol. The molecule has 1 aromatic rings. The van der Waals surface area contributed by atoms with Crippen molar-refractivity contribution in [2.45, 2.75) is 45.8 Å². The van der Waals surface area contributed by atoms with E-state index in [0.717, 1.165) is 19.0 Å². The van der Waals surface area contributed by atoms with Crippen LogP contribution in [0, 0.1) is 5.92 Å². The van der Waals surface area contributed by atoms with Crippen molar-refractivity contribution in [1.29, 1.82) is 0 Å². The molecule has 1 saturated carbocycles. The van der Waals surface area contributed by atoms with Crippen LogP contribution in [0.5, 0.6) is 0 Å². The highest BCUT2D eigenvalue weighted by atomic mass is 15.3. The zero-order chi connectivity index (χ0) is 9.97. The maximum Gasteiger partial charge on any atom is 0.0522 e. The van der Waals surface area contributed by atoms with Crippen molar-refractivity contribution >= 4 is 0 Å². The van der Waals surface area contributed by atoms with Crippen LogP contribution in [0.4, 0.5) is 0 Å². The minimum atomic E-state index is 0.662. The molecular formula is C11H19N3. The maximum atomic E-state index is 4.25. The highest BCUT2D eigenvalue weighted by Crippen LogP contribution is 2.32. The Bertz CT molecular complexity index is 288. The molecule has 14 heavy (non-hydrogen) atoms. The van der Waals surface area contributed by atoms with Crippen molar-refractivity contribution in [3.05, 3.63) is 18.0 Å². The minimum absolute atomic E-state index is 0.662. The Balaban J connectivity index is 1.84. The van der Waals surface area contributed by atoms with Gasteiger partial charge in [-0.25, -0.2) is 0 Å². The predicted octanol–water partition coefficient (Wildman–Crippen LogP) is 1.79. The molecule has 0 amide bonds. The van der Waals surface area contributed by atoms with Crippen molar-refractivity contribution < 1.29 is 0 Å². The third kappa shape index (κ3) is 2.15. The SMILES string of the molecule is CCn1nccc1CNC(C)C1CC1. The van der Waals surface area contributed by atoms with Crippen LogP contribution in [0.25, 0.3) is 0 Å². The second-order valence-electron chi connectivity index (χ2n) is 4.15. The van der Waals surface area contributed by atoms with E-state index in [1.807, 2.05) is 10.9 Å². The van der Waals surface area contributed by atoms with Crippen molar-refractivity contribution in [2.75, 3.05) is 0 Å². The third-order valence-electron chi connectivity index (χ3n) is 3.04. The van der Waals surface area contributed by atoms with E-state index in [1.165, 1.54) is 18.5 Å². The largest absolute Gasteiger partial charge is 0.308 e. The molecule has 1 unspecified atom stereocenters. The van der Waals surface area contributed by atoms with Gasteiger partial charge < -0.3 is 5.32 Å². The van der Waals surface area contributed by atoms with Crippen LogP contribution in [0.2, 0.25) is 0 Å². The fraction of sp³-hybridized carbons (Fsp3) is 0.727. The van der Waals surface area contributed by atoms with E-state index in [-0.39, 0.29) is 0 Å². The predicted molar refractivity (Wildman–Crippen MR) is 56.9 cm³/mol. The summed E-state index contributed by atoms with van der Waals surface area (Å²) in [7, 11) is 0. The van der Waals surface area contributed by atoms with Crippen LogP contribution in [0.3, 0.4) is 0 Å². The number of aryl methyl sites for hydroxylation is 1. The van der Waals surface area contributed by atoms with Gasteiger partial charge in [-0.05, 0) is 38.7 Å². The molecule has 0 saturated heterocycles. The number of hydrogen-bond acceptors (Lipinski definition) is 2. The van der Waals surface area contributed by atoms with E-state index in [4.69, 9.17) is 0 Å². The molecule has 1 atom stereocenters. The zero-order valence-corrected chi connectivity index (χ0v) is 9.03. The molecule has 1 fully saturated rings. The van der Waals surface area contributed by atoms with Gasteiger partial charge >= 0.3 is 0 Å². The topological polar surface area (TPSA) is 29.9 Å². The van der Waals surface area contributed by atoms with Crippen LogP contribution in [-0.4, -0.2) is 15.8 Å². The molecule has 78 valence electrons. The number of hydrogen-bond donors (Lipinski definition) is 1. The molecule has 2 rings (SSSR count). The third-order valence-corrected chi connectivity index (χ3v) is 3.04. The molecule has 3 heteroatoms. The van der Waals surface area contributed by atoms with Gasteiger partial charge in [0.1, 0.15) is 0 Å². The van der Waals surface area contributed by atoms with E-state index in [9.17, 15) is 0 Å². The molecule has 1 aliphatic carbocycles. The van der Waals surface area contributed by atoms with E-state index in [2.05, 4.69) is 30.3 Å². The lowest BCUT2D eigenvalue weighted by atomic mass is 10.2. The zero-order valence-electron chi connectivity index (χ0n) is 9.03. The highest BCUT2D eigenvalue weighted by Gasteiger charge is 2.27. The summed E-state index contributed by atoms with van der Waals surface area (Å²) in [5.74, 6) is 0.924. The maximum absolute atomic E-state index is 4.25. The summed E-state index contributed by atoms with van der Waals surface area (Å²) < 4.78 is 2.05. The summed E-state index contributed by atoms with van der Waals surface area (Å²) >= 11 is 0. The summed E-state index contributed by atoms with van der Waals surface area (Å²) in [6.45, 7) is 6.32. The smallest absolute Gasteiger partial charge is 0.0522 e. The van der Waals surface area contributed by atoms with Gasteiger partial charge in [-0.2, -0.15) is 5.10 Å². The summed E-state index contributed by atoms with van der Waals surface area (Å²) in [5.41, 5.74) is 1.29. The lowest BCUT2D eigenvalue weighted by Crippen LogP contribution is -2.28.